The summed E-state index contributed by atoms with van der Waals surface area (Å²) in [6.07, 6.45) is 20.4. The van der Waals surface area contributed by atoms with Crippen LogP contribution in [0.4, 0.5) is 5.82 Å². The molecule has 0 saturated heterocycles. The van der Waals surface area contributed by atoms with E-state index in [2.05, 4.69) is 83.9 Å². The Labute approximate surface area is 179 Å². The van der Waals surface area contributed by atoms with Crippen LogP contribution in [0.3, 0.4) is 0 Å². The minimum Gasteiger partial charge on any atom is -0.344 e. The molecule has 0 bridgehead atoms. The lowest BCUT2D eigenvalue weighted by molar-refractivity contribution is 0.768. The highest BCUT2D eigenvalue weighted by Gasteiger charge is 2.05. The van der Waals surface area contributed by atoms with Crippen molar-refractivity contribution in [3.63, 3.8) is 0 Å². The van der Waals surface area contributed by atoms with E-state index in [9.17, 15) is 0 Å². The highest BCUT2D eigenvalue weighted by atomic mass is 15.2. The highest BCUT2D eigenvalue weighted by Crippen LogP contribution is 2.26. The summed E-state index contributed by atoms with van der Waals surface area (Å²) in [7, 11) is 1.94. The molecule has 3 aromatic rings. The topological polar surface area (TPSA) is 42.7 Å². The van der Waals surface area contributed by atoms with Crippen molar-refractivity contribution < 1.29 is 0 Å². The molecule has 0 aliphatic rings. The fourth-order valence-corrected chi connectivity index (χ4v) is 3.30. The summed E-state index contributed by atoms with van der Waals surface area (Å²) >= 11 is 0. The summed E-state index contributed by atoms with van der Waals surface area (Å²) in [5.41, 5.74) is 4.76. The van der Waals surface area contributed by atoms with Gasteiger partial charge in [0.1, 0.15) is 5.82 Å². The number of hydrogen-bond acceptors (Lipinski definition) is 3. The molecular formula is C26H30N4. The van der Waals surface area contributed by atoms with Crippen molar-refractivity contribution in [3.8, 4) is 11.1 Å². The Morgan fingerprint density at radius 3 is 2.53 bits per heavy atom. The van der Waals surface area contributed by atoms with Gasteiger partial charge in [0.2, 0.25) is 0 Å². The number of hydrogen-bond donors (Lipinski definition) is 1. The second-order valence-electron chi connectivity index (χ2n) is 7.22. The Balaban J connectivity index is 1.73. The van der Waals surface area contributed by atoms with Crippen LogP contribution in [-0.4, -0.2) is 14.8 Å². The molecule has 30 heavy (non-hydrogen) atoms. The molecule has 2 aromatic heterocycles. The van der Waals surface area contributed by atoms with E-state index in [1.54, 1.807) is 0 Å². The van der Waals surface area contributed by atoms with Crippen LogP contribution in [0.15, 0.2) is 90.6 Å². The molecule has 3 rings (SSSR count). The largest absolute Gasteiger partial charge is 0.344 e. The molecule has 1 N–H and O–H groups in total. The molecule has 154 valence electrons. The van der Waals surface area contributed by atoms with Crippen molar-refractivity contribution in [1.29, 1.82) is 0 Å². The first kappa shape index (κ1) is 21.3. The molecule has 0 spiro atoms. The van der Waals surface area contributed by atoms with Crippen molar-refractivity contribution in [1.82, 2.24) is 14.8 Å². The predicted molar refractivity (Wildman–Crippen MR) is 128 cm³/mol. The van der Waals surface area contributed by atoms with Gasteiger partial charge in [-0.05, 0) is 56.7 Å². The molecule has 2 heterocycles. The van der Waals surface area contributed by atoms with Gasteiger partial charge in [-0.25, -0.2) is 4.98 Å². The Bertz CT molecular complexity index is 1110. The normalized spacial score (nSPS) is 13.1. The van der Waals surface area contributed by atoms with Gasteiger partial charge in [0.25, 0.3) is 0 Å². The van der Waals surface area contributed by atoms with Crippen molar-refractivity contribution in [2.75, 3.05) is 5.32 Å². The van der Waals surface area contributed by atoms with Crippen LogP contribution in [0.2, 0.25) is 0 Å². The van der Waals surface area contributed by atoms with Gasteiger partial charge in [0.15, 0.2) is 0 Å². The van der Waals surface area contributed by atoms with Crippen molar-refractivity contribution in [2.24, 2.45) is 7.05 Å². The zero-order valence-electron chi connectivity index (χ0n) is 18.3. The Kier molecular flexibility index (Phi) is 7.39. The number of rotatable bonds is 8. The molecule has 4 nitrogen and oxygen atoms in total. The number of anilines is 1. The molecule has 0 radical (unpaired) electrons. The molecule has 1 aromatic carbocycles. The average molecular weight is 399 g/mol. The predicted octanol–water partition coefficient (Wildman–Crippen LogP) is 6.81. The monoisotopic (exact) mass is 398 g/mol. The maximum atomic E-state index is 4.60. The summed E-state index contributed by atoms with van der Waals surface area (Å²) < 4.78 is 1.82. The number of pyridine rings is 1. The first-order chi connectivity index (χ1) is 14.6. The van der Waals surface area contributed by atoms with E-state index < -0.39 is 0 Å². The zero-order chi connectivity index (χ0) is 21.3. The maximum absolute atomic E-state index is 4.60. The summed E-state index contributed by atoms with van der Waals surface area (Å²) in [6, 6.07) is 8.53. The molecule has 0 aliphatic carbocycles. The van der Waals surface area contributed by atoms with Crippen LogP contribution in [0, 0.1) is 0 Å². The minimum absolute atomic E-state index is 0.866. The lowest BCUT2D eigenvalue weighted by Gasteiger charge is -2.12. The van der Waals surface area contributed by atoms with Crippen LogP contribution in [0.1, 0.15) is 33.6 Å². The van der Waals surface area contributed by atoms with Gasteiger partial charge in [0, 0.05) is 36.1 Å². The van der Waals surface area contributed by atoms with E-state index >= 15 is 0 Å². The van der Waals surface area contributed by atoms with E-state index in [0.29, 0.717) is 0 Å². The Morgan fingerprint density at radius 2 is 1.83 bits per heavy atom. The molecule has 0 fully saturated rings. The number of nitrogens with one attached hydrogen (secondary N) is 1. The minimum atomic E-state index is 0.866. The van der Waals surface area contributed by atoms with E-state index in [4.69, 9.17) is 0 Å². The lowest BCUT2D eigenvalue weighted by Crippen LogP contribution is -2.01. The van der Waals surface area contributed by atoms with Gasteiger partial charge in [-0.15, -0.1) is 0 Å². The number of allylic oxidation sites excluding steroid dienone is 8. The third kappa shape index (κ3) is 5.57. The molecule has 0 atom stereocenters. The summed E-state index contributed by atoms with van der Waals surface area (Å²) in [5, 5.41) is 10.1. The summed E-state index contributed by atoms with van der Waals surface area (Å²) in [6.45, 7) is 6.18. The number of aromatic nitrogens is 3. The molecule has 0 saturated carbocycles. The summed E-state index contributed by atoms with van der Waals surface area (Å²) in [5.74, 6) is 0.866. The lowest BCUT2D eigenvalue weighted by atomic mass is 10.0. The third-order valence-corrected chi connectivity index (χ3v) is 5.06. The Hall–Kier alpha value is -3.40. The van der Waals surface area contributed by atoms with Crippen molar-refractivity contribution >= 4 is 16.6 Å². The average Bonchev–Trinajstić information content (AvgIpc) is 3.21. The standard InChI is InChI=1S/C26H30N4/c1-5-8-9-10-20(6-2)11-14-25(7-3)29-26-16-23-15-21(12-13-22(23)17-27-26)24-18-28-30(4)19-24/h5-10,12-13,15-19H,11,14H2,1-4H3,(H,27,29)/b8-5-,10-9-,20-6+,25-7+. The SMILES string of the molecule is C\C=C/C=C\C(=C/C)CC/C(=C\C)Nc1cc2cc(-c3cnn(C)c3)ccc2cn1. The Morgan fingerprint density at radius 1 is 0.967 bits per heavy atom. The molecule has 4 heteroatoms. The maximum Gasteiger partial charge on any atom is 0.130 e. The number of fused-ring (bicyclic) bond motifs is 1. The highest BCUT2D eigenvalue weighted by molar-refractivity contribution is 5.88. The van der Waals surface area contributed by atoms with Crippen LogP contribution < -0.4 is 5.32 Å². The van der Waals surface area contributed by atoms with Gasteiger partial charge in [-0.1, -0.05) is 54.2 Å². The molecule has 0 amide bonds. The number of aryl methyl sites for hydroxylation is 1. The quantitative estimate of drug-likeness (QED) is 0.424. The van der Waals surface area contributed by atoms with Crippen LogP contribution in [-0.2, 0) is 7.05 Å². The van der Waals surface area contributed by atoms with Gasteiger partial charge >= 0.3 is 0 Å². The third-order valence-electron chi connectivity index (χ3n) is 5.06. The first-order valence-electron chi connectivity index (χ1n) is 10.4. The zero-order valence-corrected chi connectivity index (χ0v) is 18.3. The first-order valence-corrected chi connectivity index (χ1v) is 10.4. The smallest absolute Gasteiger partial charge is 0.130 e. The van der Waals surface area contributed by atoms with Crippen LogP contribution >= 0.6 is 0 Å². The summed E-state index contributed by atoms with van der Waals surface area (Å²) in [4.78, 5) is 4.60. The van der Waals surface area contributed by atoms with E-state index in [0.717, 1.165) is 40.6 Å². The van der Waals surface area contributed by atoms with E-state index in [1.807, 2.05) is 43.3 Å². The van der Waals surface area contributed by atoms with Gasteiger partial charge in [0.05, 0.1) is 6.20 Å². The van der Waals surface area contributed by atoms with Crippen LogP contribution in [0.5, 0.6) is 0 Å². The molecular weight excluding hydrogens is 368 g/mol. The molecule has 0 unspecified atom stereocenters. The van der Waals surface area contributed by atoms with E-state index in [1.165, 1.54) is 11.3 Å². The van der Waals surface area contributed by atoms with Crippen LogP contribution in [0.25, 0.3) is 21.9 Å². The van der Waals surface area contributed by atoms with Crippen molar-refractivity contribution in [3.05, 3.63) is 90.6 Å². The second-order valence-corrected chi connectivity index (χ2v) is 7.22. The van der Waals surface area contributed by atoms with Gasteiger partial charge in [-0.2, -0.15) is 5.10 Å². The van der Waals surface area contributed by atoms with Crippen molar-refractivity contribution in [2.45, 2.75) is 33.6 Å². The van der Waals surface area contributed by atoms with Gasteiger partial charge in [-0.3, -0.25) is 4.68 Å². The number of benzene rings is 1. The fourth-order valence-electron chi connectivity index (χ4n) is 3.30. The van der Waals surface area contributed by atoms with Gasteiger partial charge < -0.3 is 5.32 Å². The number of nitrogens with zero attached hydrogens (tertiary/aromatic N) is 3. The molecule has 0 aliphatic heterocycles. The second kappa shape index (κ2) is 10.4. The fraction of sp³-hybridized carbons (Fsp3) is 0.231. The van der Waals surface area contributed by atoms with E-state index in [-0.39, 0.29) is 0 Å².